The highest BCUT2D eigenvalue weighted by atomic mass is 16.3. The number of carbonyl (C=O) groups excluding carboxylic acids is 1. The Bertz CT molecular complexity index is 211. The molecule has 1 aliphatic carbocycles. The van der Waals surface area contributed by atoms with Gasteiger partial charge < -0.3 is 5.11 Å². The molecule has 1 N–H and O–H groups in total. The van der Waals surface area contributed by atoms with Crippen LogP contribution in [0.25, 0.3) is 0 Å². The molecule has 1 rings (SSSR count). The largest absolute Gasteiger partial charge is 0.396 e. The second-order valence-electron chi connectivity index (χ2n) is 5.37. The normalized spacial score (nSPS) is 31.9. The minimum atomic E-state index is 0.00846. The lowest BCUT2D eigenvalue weighted by molar-refractivity contribution is -0.127. The zero-order chi connectivity index (χ0) is 11.4. The Kier molecular flexibility index (Phi) is 4.78. The van der Waals surface area contributed by atoms with E-state index in [9.17, 15) is 4.79 Å². The van der Waals surface area contributed by atoms with E-state index in [1.54, 1.807) is 0 Å². The van der Waals surface area contributed by atoms with E-state index in [0.717, 1.165) is 6.42 Å². The van der Waals surface area contributed by atoms with Crippen molar-refractivity contribution < 1.29 is 9.90 Å². The zero-order valence-corrected chi connectivity index (χ0v) is 10.2. The third-order valence-electron chi connectivity index (χ3n) is 3.79. The van der Waals surface area contributed by atoms with Gasteiger partial charge in [0.2, 0.25) is 0 Å². The molecule has 3 atom stereocenters. The van der Waals surface area contributed by atoms with E-state index in [1.165, 1.54) is 12.8 Å². The van der Waals surface area contributed by atoms with Crippen LogP contribution in [0.2, 0.25) is 0 Å². The second-order valence-corrected chi connectivity index (χ2v) is 5.37. The highest BCUT2D eigenvalue weighted by Gasteiger charge is 2.34. The van der Waals surface area contributed by atoms with Gasteiger partial charge in [0.25, 0.3) is 0 Å². The third kappa shape index (κ3) is 3.30. The summed E-state index contributed by atoms with van der Waals surface area (Å²) >= 11 is 0. The number of carbonyl (C=O) groups is 1. The van der Waals surface area contributed by atoms with Crippen molar-refractivity contribution in [3.8, 4) is 0 Å². The van der Waals surface area contributed by atoms with Gasteiger partial charge in [-0.15, -0.1) is 0 Å². The smallest absolute Gasteiger partial charge is 0.138 e. The maximum Gasteiger partial charge on any atom is 0.138 e. The van der Waals surface area contributed by atoms with Crippen LogP contribution in [0.1, 0.15) is 46.5 Å². The minimum absolute atomic E-state index is 0.00846. The summed E-state index contributed by atoms with van der Waals surface area (Å²) < 4.78 is 0. The van der Waals surface area contributed by atoms with E-state index in [0.29, 0.717) is 24.2 Å². The summed E-state index contributed by atoms with van der Waals surface area (Å²) in [7, 11) is 0. The molecular weight excluding hydrogens is 188 g/mol. The van der Waals surface area contributed by atoms with E-state index in [1.807, 2.05) is 0 Å². The molecular formula is C13H24O2. The van der Waals surface area contributed by atoms with E-state index in [2.05, 4.69) is 20.8 Å². The lowest BCUT2D eigenvalue weighted by atomic mass is 9.68. The van der Waals surface area contributed by atoms with Gasteiger partial charge in [0.1, 0.15) is 5.78 Å². The van der Waals surface area contributed by atoms with Gasteiger partial charge >= 0.3 is 0 Å². The topological polar surface area (TPSA) is 37.3 Å². The lowest BCUT2D eigenvalue weighted by Gasteiger charge is -2.36. The summed E-state index contributed by atoms with van der Waals surface area (Å²) in [5.41, 5.74) is 0. The van der Waals surface area contributed by atoms with Crippen LogP contribution < -0.4 is 0 Å². The van der Waals surface area contributed by atoms with Crippen molar-refractivity contribution in [3.63, 3.8) is 0 Å². The summed E-state index contributed by atoms with van der Waals surface area (Å²) in [5.74, 6) is 2.29. The molecule has 1 fully saturated rings. The van der Waals surface area contributed by atoms with Crippen molar-refractivity contribution in [1.29, 1.82) is 0 Å². The van der Waals surface area contributed by atoms with Crippen molar-refractivity contribution in [2.24, 2.45) is 23.7 Å². The Balaban J connectivity index is 2.65. The molecule has 0 saturated heterocycles. The number of ketones is 1. The molecule has 1 aliphatic rings. The fourth-order valence-corrected chi connectivity index (χ4v) is 2.87. The van der Waals surface area contributed by atoms with Gasteiger partial charge in [0, 0.05) is 18.9 Å². The SMILES string of the molecule is CC(C)[C@@H]1CC[C@@H](C)C[C@H]1C(=O)CCO. The monoisotopic (exact) mass is 212 g/mol. The molecule has 0 heterocycles. The average molecular weight is 212 g/mol. The maximum absolute atomic E-state index is 11.9. The van der Waals surface area contributed by atoms with Gasteiger partial charge in [0.15, 0.2) is 0 Å². The quantitative estimate of drug-likeness (QED) is 0.778. The van der Waals surface area contributed by atoms with Gasteiger partial charge in [-0.3, -0.25) is 4.79 Å². The molecule has 0 amide bonds. The van der Waals surface area contributed by atoms with Gasteiger partial charge in [-0.25, -0.2) is 0 Å². The molecule has 0 radical (unpaired) electrons. The minimum Gasteiger partial charge on any atom is -0.396 e. The lowest BCUT2D eigenvalue weighted by Crippen LogP contribution is -2.33. The average Bonchev–Trinajstić information content (AvgIpc) is 2.17. The first-order valence-corrected chi connectivity index (χ1v) is 6.19. The molecule has 2 heteroatoms. The van der Waals surface area contributed by atoms with Crippen molar-refractivity contribution in [2.45, 2.75) is 46.5 Å². The van der Waals surface area contributed by atoms with Crippen LogP contribution in [-0.4, -0.2) is 17.5 Å². The van der Waals surface area contributed by atoms with Crippen LogP contribution in [0.5, 0.6) is 0 Å². The molecule has 0 aromatic rings. The molecule has 0 spiro atoms. The molecule has 15 heavy (non-hydrogen) atoms. The van der Waals surface area contributed by atoms with Crippen LogP contribution in [0.15, 0.2) is 0 Å². The van der Waals surface area contributed by atoms with Crippen molar-refractivity contribution in [2.75, 3.05) is 6.61 Å². The Morgan fingerprint density at radius 1 is 1.40 bits per heavy atom. The number of aliphatic hydroxyl groups excluding tert-OH is 1. The Hall–Kier alpha value is -0.370. The van der Waals surface area contributed by atoms with Crippen LogP contribution in [-0.2, 0) is 4.79 Å². The molecule has 0 aromatic carbocycles. The van der Waals surface area contributed by atoms with Crippen LogP contribution in [0, 0.1) is 23.7 Å². The maximum atomic E-state index is 11.9. The molecule has 1 saturated carbocycles. The van der Waals surface area contributed by atoms with Gasteiger partial charge in [0.05, 0.1) is 0 Å². The number of hydrogen-bond donors (Lipinski definition) is 1. The third-order valence-corrected chi connectivity index (χ3v) is 3.79. The van der Waals surface area contributed by atoms with Crippen LogP contribution >= 0.6 is 0 Å². The zero-order valence-electron chi connectivity index (χ0n) is 10.2. The molecule has 0 unspecified atom stereocenters. The first-order valence-electron chi connectivity index (χ1n) is 6.19. The summed E-state index contributed by atoms with van der Waals surface area (Å²) in [4.78, 5) is 11.9. The van der Waals surface area contributed by atoms with E-state index >= 15 is 0 Å². The van der Waals surface area contributed by atoms with E-state index in [4.69, 9.17) is 5.11 Å². The number of Topliss-reactive ketones (excluding diaryl/α,β-unsaturated/α-hetero) is 1. The van der Waals surface area contributed by atoms with Gasteiger partial charge in [-0.2, -0.15) is 0 Å². The molecule has 0 aliphatic heterocycles. The highest BCUT2D eigenvalue weighted by Crippen LogP contribution is 2.38. The Morgan fingerprint density at radius 2 is 2.07 bits per heavy atom. The van der Waals surface area contributed by atoms with Crippen molar-refractivity contribution >= 4 is 5.78 Å². The van der Waals surface area contributed by atoms with Crippen molar-refractivity contribution in [3.05, 3.63) is 0 Å². The fourth-order valence-electron chi connectivity index (χ4n) is 2.87. The second kappa shape index (κ2) is 5.64. The fraction of sp³-hybridized carbons (Fsp3) is 0.923. The van der Waals surface area contributed by atoms with Crippen molar-refractivity contribution in [1.82, 2.24) is 0 Å². The first kappa shape index (κ1) is 12.7. The molecule has 0 bridgehead atoms. The number of rotatable bonds is 4. The number of aliphatic hydroxyl groups is 1. The Labute approximate surface area is 93.1 Å². The summed E-state index contributed by atoms with van der Waals surface area (Å²) in [6, 6.07) is 0. The predicted molar refractivity (Wildman–Crippen MR) is 61.5 cm³/mol. The molecule has 88 valence electrons. The standard InChI is InChI=1S/C13H24O2/c1-9(2)11-5-4-10(3)8-12(11)13(15)6-7-14/h9-12,14H,4-8H2,1-3H3/t10-,11+,12-/m1/s1. The summed E-state index contributed by atoms with van der Waals surface area (Å²) in [6.45, 7) is 6.66. The number of hydrogen-bond acceptors (Lipinski definition) is 2. The molecule has 2 nitrogen and oxygen atoms in total. The van der Waals surface area contributed by atoms with Crippen LogP contribution in [0.4, 0.5) is 0 Å². The highest BCUT2D eigenvalue weighted by molar-refractivity contribution is 5.81. The predicted octanol–water partition coefficient (Wildman–Crippen LogP) is 2.65. The van der Waals surface area contributed by atoms with Gasteiger partial charge in [-0.1, -0.05) is 27.2 Å². The summed E-state index contributed by atoms with van der Waals surface area (Å²) in [5, 5.41) is 8.84. The Morgan fingerprint density at radius 3 is 2.60 bits per heavy atom. The first-order chi connectivity index (χ1) is 7.06. The molecule has 0 aromatic heterocycles. The van der Waals surface area contributed by atoms with Gasteiger partial charge in [-0.05, 0) is 30.6 Å². The van der Waals surface area contributed by atoms with E-state index in [-0.39, 0.29) is 18.3 Å². The van der Waals surface area contributed by atoms with E-state index < -0.39 is 0 Å². The van der Waals surface area contributed by atoms with Crippen LogP contribution in [0.3, 0.4) is 0 Å². The summed E-state index contributed by atoms with van der Waals surface area (Å²) in [6.07, 6.45) is 3.81.